The first kappa shape index (κ1) is 15.0. The van der Waals surface area contributed by atoms with Crippen molar-refractivity contribution in [3.8, 4) is 0 Å². The summed E-state index contributed by atoms with van der Waals surface area (Å²) >= 11 is 5.62. The molecule has 0 aromatic carbocycles. The van der Waals surface area contributed by atoms with Gasteiger partial charge in [0, 0.05) is 18.2 Å². The summed E-state index contributed by atoms with van der Waals surface area (Å²) in [6.07, 6.45) is 2.34. The van der Waals surface area contributed by atoms with Crippen molar-refractivity contribution in [2.24, 2.45) is 5.73 Å². The summed E-state index contributed by atoms with van der Waals surface area (Å²) in [6, 6.07) is 0. The summed E-state index contributed by atoms with van der Waals surface area (Å²) in [6.45, 7) is 2.26. The molecule has 0 amide bonds. The van der Waals surface area contributed by atoms with Crippen LogP contribution in [0.15, 0.2) is 30.0 Å². The van der Waals surface area contributed by atoms with E-state index in [9.17, 15) is 13.2 Å². The zero-order chi connectivity index (χ0) is 15.0. The van der Waals surface area contributed by atoms with E-state index in [0.29, 0.717) is 13.0 Å². The number of nitrogens with zero attached hydrogens (tertiary/aromatic N) is 2. The fourth-order valence-electron chi connectivity index (χ4n) is 1.91. The number of hydrogen-bond acceptors (Lipinski definition) is 3. The van der Waals surface area contributed by atoms with E-state index in [1.165, 1.54) is 0 Å². The zero-order valence-electron chi connectivity index (χ0n) is 10.7. The first-order valence-electron chi connectivity index (χ1n) is 5.95. The molecule has 1 aromatic rings. The topological polar surface area (TPSA) is 51.8 Å². The van der Waals surface area contributed by atoms with Crippen LogP contribution >= 0.6 is 11.6 Å². The third-order valence-corrected chi connectivity index (χ3v) is 3.54. The molecule has 108 valence electrons. The summed E-state index contributed by atoms with van der Waals surface area (Å²) in [4.78, 5) is 7.63. The predicted octanol–water partition coefficient (Wildman–Crippen LogP) is 3.25. The Morgan fingerprint density at radius 2 is 2.15 bits per heavy atom. The van der Waals surface area contributed by atoms with Crippen LogP contribution in [0.5, 0.6) is 0 Å². The largest absolute Gasteiger partial charge is 0.420 e. The number of allylic oxidation sites excluding steroid dienone is 2. The van der Waals surface area contributed by atoms with Crippen molar-refractivity contribution in [3.05, 3.63) is 46.5 Å². The van der Waals surface area contributed by atoms with E-state index >= 15 is 0 Å². The van der Waals surface area contributed by atoms with Crippen molar-refractivity contribution in [1.82, 2.24) is 9.97 Å². The van der Waals surface area contributed by atoms with Gasteiger partial charge in [-0.1, -0.05) is 29.8 Å². The van der Waals surface area contributed by atoms with Crippen LogP contribution in [0.1, 0.15) is 24.7 Å². The smallest absolute Gasteiger partial charge is 0.327 e. The normalized spacial score (nSPS) is 22.8. The van der Waals surface area contributed by atoms with Gasteiger partial charge in [-0.2, -0.15) is 13.2 Å². The van der Waals surface area contributed by atoms with Crippen LogP contribution in [0.4, 0.5) is 13.2 Å². The van der Waals surface area contributed by atoms with E-state index in [0.717, 1.165) is 11.8 Å². The molecule has 0 bridgehead atoms. The summed E-state index contributed by atoms with van der Waals surface area (Å²) in [5.41, 5.74) is 4.90. The molecule has 0 aliphatic heterocycles. The molecule has 0 fully saturated rings. The SMILES string of the molecule is CC1(c2ncc(C(F)(F)F)c(Cl)n2)C=CC(CN)=CC1. The quantitative estimate of drug-likeness (QED) is 0.853. The molecule has 7 heteroatoms. The molecule has 2 N–H and O–H groups in total. The minimum atomic E-state index is -4.55. The monoisotopic (exact) mass is 303 g/mol. The van der Waals surface area contributed by atoms with Gasteiger partial charge in [0.1, 0.15) is 16.5 Å². The van der Waals surface area contributed by atoms with Gasteiger partial charge in [0.25, 0.3) is 0 Å². The lowest BCUT2D eigenvalue weighted by molar-refractivity contribution is -0.138. The van der Waals surface area contributed by atoms with Crippen LogP contribution < -0.4 is 5.73 Å². The highest BCUT2D eigenvalue weighted by Gasteiger charge is 2.36. The second kappa shape index (κ2) is 5.18. The van der Waals surface area contributed by atoms with Crippen LogP contribution in [0.2, 0.25) is 5.15 Å². The zero-order valence-corrected chi connectivity index (χ0v) is 11.5. The molecule has 0 spiro atoms. The molecule has 1 heterocycles. The minimum absolute atomic E-state index is 0.263. The van der Waals surface area contributed by atoms with Gasteiger partial charge in [0.15, 0.2) is 0 Å². The van der Waals surface area contributed by atoms with E-state index < -0.39 is 22.3 Å². The van der Waals surface area contributed by atoms with Gasteiger partial charge in [-0.25, -0.2) is 9.97 Å². The van der Waals surface area contributed by atoms with Gasteiger partial charge in [0.2, 0.25) is 0 Å². The lowest BCUT2D eigenvalue weighted by Gasteiger charge is -2.26. The van der Waals surface area contributed by atoms with Crippen LogP contribution in [-0.2, 0) is 11.6 Å². The van der Waals surface area contributed by atoms with Crippen molar-refractivity contribution in [3.63, 3.8) is 0 Å². The molecule has 2 rings (SSSR count). The molecule has 1 aromatic heterocycles. The molecule has 1 aliphatic rings. The predicted molar refractivity (Wildman–Crippen MR) is 70.3 cm³/mol. The van der Waals surface area contributed by atoms with Crippen LogP contribution in [-0.4, -0.2) is 16.5 Å². The first-order valence-corrected chi connectivity index (χ1v) is 6.32. The van der Waals surface area contributed by atoms with Gasteiger partial charge < -0.3 is 5.73 Å². The average molecular weight is 304 g/mol. The number of rotatable bonds is 2. The molecule has 0 saturated heterocycles. The summed E-state index contributed by atoms with van der Waals surface area (Å²) in [5.74, 6) is 0.263. The first-order chi connectivity index (χ1) is 9.26. The summed E-state index contributed by atoms with van der Waals surface area (Å²) in [5, 5.41) is -0.578. The number of aromatic nitrogens is 2. The molecule has 1 atom stereocenters. The molecular formula is C13H13ClF3N3. The summed E-state index contributed by atoms with van der Waals surface area (Å²) < 4.78 is 37.8. The lowest BCUT2D eigenvalue weighted by Crippen LogP contribution is -2.25. The highest BCUT2D eigenvalue weighted by atomic mass is 35.5. The van der Waals surface area contributed by atoms with E-state index in [-0.39, 0.29) is 5.82 Å². The van der Waals surface area contributed by atoms with Gasteiger partial charge >= 0.3 is 6.18 Å². The number of hydrogen-bond donors (Lipinski definition) is 1. The molecule has 1 aliphatic carbocycles. The Balaban J connectivity index is 2.34. The molecule has 0 saturated carbocycles. The Morgan fingerprint density at radius 1 is 1.45 bits per heavy atom. The maximum atomic E-state index is 12.6. The van der Waals surface area contributed by atoms with Crippen LogP contribution in [0.3, 0.4) is 0 Å². The molecule has 1 unspecified atom stereocenters. The van der Waals surface area contributed by atoms with E-state index in [2.05, 4.69) is 9.97 Å². The summed E-state index contributed by atoms with van der Waals surface area (Å²) in [7, 11) is 0. The Morgan fingerprint density at radius 3 is 2.60 bits per heavy atom. The molecular weight excluding hydrogens is 291 g/mol. The Kier molecular flexibility index (Phi) is 3.88. The lowest BCUT2D eigenvalue weighted by atomic mass is 9.81. The van der Waals surface area contributed by atoms with E-state index in [1.54, 1.807) is 0 Å². The van der Waals surface area contributed by atoms with Crippen molar-refractivity contribution in [2.45, 2.75) is 24.9 Å². The van der Waals surface area contributed by atoms with E-state index in [4.69, 9.17) is 17.3 Å². The minimum Gasteiger partial charge on any atom is -0.327 e. The molecule has 0 radical (unpaired) electrons. The van der Waals surface area contributed by atoms with Gasteiger partial charge in [-0.3, -0.25) is 0 Å². The maximum Gasteiger partial charge on any atom is 0.420 e. The second-order valence-electron chi connectivity index (χ2n) is 4.83. The van der Waals surface area contributed by atoms with Crippen LogP contribution in [0.25, 0.3) is 0 Å². The molecule has 3 nitrogen and oxygen atoms in total. The van der Waals surface area contributed by atoms with Crippen LogP contribution in [0, 0.1) is 0 Å². The standard InChI is InChI=1S/C13H13ClF3N3/c1-12(4-2-8(6-18)3-5-12)11-19-7-9(10(14)20-11)13(15,16)17/h2-4,7H,5-6,18H2,1H3. The average Bonchev–Trinajstić information content (AvgIpc) is 2.38. The van der Waals surface area contributed by atoms with Crippen molar-refractivity contribution in [1.29, 1.82) is 0 Å². The molecule has 20 heavy (non-hydrogen) atoms. The third kappa shape index (κ3) is 2.86. The maximum absolute atomic E-state index is 12.6. The van der Waals surface area contributed by atoms with Gasteiger partial charge in [-0.05, 0) is 18.9 Å². The van der Waals surface area contributed by atoms with E-state index in [1.807, 2.05) is 25.2 Å². The Hall–Kier alpha value is -1.40. The van der Waals surface area contributed by atoms with Gasteiger partial charge in [-0.15, -0.1) is 0 Å². The Labute approximate surface area is 119 Å². The number of halogens is 4. The fraction of sp³-hybridized carbons (Fsp3) is 0.385. The van der Waals surface area contributed by atoms with Crippen molar-refractivity contribution >= 4 is 11.6 Å². The van der Waals surface area contributed by atoms with Gasteiger partial charge in [0.05, 0.1) is 0 Å². The fourth-order valence-corrected chi connectivity index (χ4v) is 2.15. The number of alkyl halides is 3. The van der Waals surface area contributed by atoms with Crippen molar-refractivity contribution < 1.29 is 13.2 Å². The highest BCUT2D eigenvalue weighted by Crippen LogP contribution is 2.36. The highest BCUT2D eigenvalue weighted by molar-refractivity contribution is 6.30. The Bertz CT molecular complexity index is 581. The third-order valence-electron chi connectivity index (χ3n) is 3.25. The number of nitrogens with two attached hydrogens (primary N) is 1. The van der Waals surface area contributed by atoms with Crippen molar-refractivity contribution in [2.75, 3.05) is 6.54 Å². The second-order valence-corrected chi connectivity index (χ2v) is 5.19.